The normalized spacial score (nSPS) is 11.0. The first-order valence-electron chi connectivity index (χ1n) is 10.2. The molecule has 0 fully saturated rings. The monoisotopic (exact) mass is 374 g/mol. The summed E-state index contributed by atoms with van der Waals surface area (Å²) in [6, 6.07) is 0. The summed E-state index contributed by atoms with van der Waals surface area (Å²) in [6.07, 6.45) is 18.1. The topological polar surface area (TPSA) is 29.1 Å². The van der Waals surface area contributed by atoms with E-state index >= 15 is 0 Å². The number of rotatable bonds is 17. The summed E-state index contributed by atoms with van der Waals surface area (Å²) in [6.45, 7) is 8.20. The van der Waals surface area contributed by atoms with Crippen LogP contribution in [0, 0.1) is 0 Å². The Bertz CT molecular complexity index is 319. The summed E-state index contributed by atoms with van der Waals surface area (Å²) in [7, 11) is 4.12. The molecule has 25 heavy (non-hydrogen) atoms. The number of carbonyl (C=O) groups excluding carboxylic acids is 1. The number of unbranched alkanes of at least 4 members (excludes halogenated alkanes) is 11. The zero-order valence-corrected chi connectivity index (χ0v) is 17.9. The van der Waals surface area contributed by atoms with Gasteiger partial charge in [0.2, 0.25) is 0 Å². The number of nitrogens with one attached hydrogen (secondary N) is 1. The minimum atomic E-state index is 0. The molecule has 0 saturated carbocycles. The van der Waals surface area contributed by atoms with Crippen molar-refractivity contribution in [3.05, 3.63) is 12.7 Å². The van der Waals surface area contributed by atoms with E-state index < -0.39 is 0 Å². The molecule has 3 nitrogen and oxygen atoms in total. The fourth-order valence-corrected chi connectivity index (χ4v) is 3.05. The Morgan fingerprint density at radius 3 is 1.76 bits per heavy atom. The predicted molar refractivity (Wildman–Crippen MR) is 106 cm³/mol. The Kier molecular flexibility index (Phi) is 19.5. The zero-order valence-electron chi connectivity index (χ0n) is 17.1. The standard InChI is InChI=1S/C21H42N2O.ClH/c1-5-7-8-9-10-11-12-13-14-15-16-17-18-22-21(24)20-23(3,4)19-6-2;/h6H,2,5,7-20H2,1,3-4H3;1H. The first-order chi connectivity index (χ1) is 11.5. The summed E-state index contributed by atoms with van der Waals surface area (Å²) in [4.78, 5) is 11.9. The van der Waals surface area contributed by atoms with Gasteiger partial charge in [0.15, 0.2) is 6.54 Å². The third kappa shape index (κ3) is 19.6. The maximum Gasteiger partial charge on any atom is 0.275 e. The Hall–Kier alpha value is -0.540. The number of halogens is 1. The molecule has 0 aromatic heterocycles. The van der Waals surface area contributed by atoms with E-state index in [0.717, 1.165) is 19.5 Å². The average Bonchev–Trinajstić information content (AvgIpc) is 2.51. The molecule has 0 aromatic rings. The van der Waals surface area contributed by atoms with Crippen molar-refractivity contribution in [1.29, 1.82) is 0 Å². The first kappa shape index (κ1) is 26.7. The molecule has 0 atom stereocenters. The van der Waals surface area contributed by atoms with E-state index in [2.05, 4.69) is 32.9 Å². The van der Waals surface area contributed by atoms with Gasteiger partial charge in [0, 0.05) is 6.54 Å². The quantitative estimate of drug-likeness (QED) is 0.236. The van der Waals surface area contributed by atoms with Gasteiger partial charge in [-0.15, -0.1) is 0 Å². The molecule has 150 valence electrons. The molecule has 0 heterocycles. The van der Waals surface area contributed by atoms with Gasteiger partial charge in [-0.3, -0.25) is 4.79 Å². The van der Waals surface area contributed by atoms with Crippen LogP contribution in [-0.2, 0) is 4.79 Å². The Balaban J connectivity index is 0. The highest BCUT2D eigenvalue weighted by molar-refractivity contribution is 5.77. The van der Waals surface area contributed by atoms with Crippen LogP contribution >= 0.6 is 0 Å². The van der Waals surface area contributed by atoms with E-state index in [-0.39, 0.29) is 18.3 Å². The summed E-state index contributed by atoms with van der Waals surface area (Å²) in [5.74, 6) is 0.157. The fraction of sp³-hybridized carbons (Fsp3) is 0.857. The predicted octanol–water partition coefficient (Wildman–Crippen LogP) is 2.07. The molecular weight excluding hydrogens is 332 g/mol. The highest BCUT2D eigenvalue weighted by Gasteiger charge is 2.17. The van der Waals surface area contributed by atoms with Gasteiger partial charge >= 0.3 is 0 Å². The van der Waals surface area contributed by atoms with Crippen LogP contribution in [0.5, 0.6) is 0 Å². The number of carbonyl (C=O) groups is 1. The molecule has 0 rings (SSSR count). The number of quaternary nitrogens is 1. The molecule has 1 N–H and O–H groups in total. The van der Waals surface area contributed by atoms with Crippen molar-refractivity contribution in [2.45, 2.75) is 84.0 Å². The van der Waals surface area contributed by atoms with Gasteiger partial charge in [-0.1, -0.05) is 84.1 Å². The van der Waals surface area contributed by atoms with E-state index in [0.29, 0.717) is 11.0 Å². The van der Waals surface area contributed by atoms with Gasteiger partial charge in [0.05, 0.1) is 20.6 Å². The van der Waals surface area contributed by atoms with Crippen molar-refractivity contribution >= 4 is 5.91 Å². The second-order valence-corrected chi connectivity index (χ2v) is 7.80. The largest absolute Gasteiger partial charge is 1.00 e. The van der Waals surface area contributed by atoms with Gasteiger partial charge < -0.3 is 22.2 Å². The van der Waals surface area contributed by atoms with Crippen LogP contribution in [0.3, 0.4) is 0 Å². The Morgan fingerprint density at radius 1 is 0.880 bits per heavy atom. The van der Waals surface area contributed by atoms with Crippen LogP contribution in [0.2, 0.25) is 0 Å². The maximum absolute atomic E-state index is 11.9. The van der Waals surface area contributed by atoms with Crippen LogP contribution in [0.15, 0.2) is 12.7 Å². The molecule has 4 heteroatoms. The van der Waals surface area contributed by atoms with Crippen molar-refractivity contribution in [1.82, 2.24) is 5.32 Å². The zero-order chi connectivity index (χ0) is 18.1. The van der Waals surface area contributed by atoms with Gasteiger partial charge in [0.1, 0.15) is 0 Å². The highest BCUT2D eigenvalue weighted by Crippen LogP contribution is 2.11. The van der Waals surface area contributed by atoms with Crippen molar-refractivity contribution in [2.24, 2.45) is 0 Å². The lowest BCUT2D eigenvalue weighted by Gasteiger charge is -2.27. The van der Waals surface area contributed by atoms with E-state index in [1.54, 1.807) is 0 Å². The van der Waals surface area contributed by atoms with Crippen LogP contribution in [0.1, 0.15) is 84.0 Å². The Labute approximate surface area is 163 Å². The van der Waals surface area contributed by atoms with E-state index in [1.165, 1.54) is 70.6 Å². The van der Waals surface area contributed by atoms with Crippen molar-refractivity contribution in [3.63, 3.8) is 0 Å². The molecule has 0 aromatic carbocycles. The maximum atomic E-state index is 11.9. The molecule has 0 unspecified atom stereocenters. The number of hydrogen-bond donors (Lipinski definition) is 1. The van der Waals surface area contributed by atoms with Crippen molar-refractivity contribution < 1.29 is 21.7 Å². The summed E-state index contributed by atoms with van der Waals surface area (Å²) in [5.41, 5.74) is 0. The van der Waals surface area contributed by atoms with Gasteiger partial charge in [0.25, 0.3) is 5.91 Å². The first-order valence-corrected chi connectivity index (χ1v) is 10.2. The molecular formula is C21H43ClN2O. The van der Waals surface area contributed by atoms with Gasteiger partial charge in [-0.05, 0) is 12.5 Å². The summed E-state index contributed by atoms with van der Waals surface area (Å²) >= 11 is 0. The van der Waals surface area contributed by atoms with Crippen LogP contribution < -0.4 is 17.7 Å². The number of hydrogen-bond acceptors (Lipinski definition) is 1. The third-order valence-corrected chi connectivity index (χ3v) is 4.55. The lowest BCUT2D eigenvalue weighted by Crippen LogP contribution is -3.00. The van der Waals surface area contributed by atoms with Gasteiger partial charge in [-0.2, -0.15) is 0 Å². The number of amides is 1. The summed E-state index contributed by atoms with van der Waals surface area (Å²) < 4.78 is 0.674. The van der Waals surface area contributed by atoms with E-state index in [1.807, 2.05) is 6.08 Å². The lowest BCUT2D eigenvalue weighted by atomic mass is 10.1. The minimum absolute atomic E-state index is 0. The average molecular weight is 375 g/mol. The lowest BCUT2D eigenvalue weighted by molar-refractivity contribution is -0.876. The molecule has 0 radical (unpaired) electrons. The van der Waals surface area contributed by atoms with Gasteiger partial charge in [-0.25, -0.2) is 0 Å². The molecule has 0 bridgehead atoms. The third-order valence-electron chi connectivity index (χ3n) is 4.55. The Morgan fingerprint density at radius 2 is 1.32 bits per heavy atom. The van der Waals surface area contributed by atoms with Crippen molar-refractivity contribution in [2.75, 3.05) is 33.7 Å². The molecule has 0 aliphatic heterocycles. The molecule has 0 spiro atoms. The van der Waals surface area contributed by atoms with E-state index in [4.69, 9.17) is 0 Å². The van der Waals surface area contributed by atoms with Crippen molar-refractivity contribution in [3.8, 4) is 0 Å². The highest BCUT2D eigenvalue weighted by atomic mass is 35.5. The number of likely N-dealkylation sites (N-methyl/N-ethyl adjacent to an activating group) is 1. The molecule has 1 amide bonds. The second-order valence-electron chi connectivity index (χ2n) is 7.80. The minimum Gasteiger partial charge on any atom is -1.00 e. The van der Waals surface area contributed by atoms with Crippen LogP contribution in [0.25, 0.3) is 0 Å². The summed E-state index contributed by atoms with van der Waals surface area (Å²) in [5, 5.41) is 3.04. The van der Waals surface area contributed by atoms with E-state index in [9.17, 15) is 4.79 Å². The van der Waals surface area contributed by atoms with Crippen LogP contribution in [-0.4, -0.2) is 44.1 Å². The smallest absolute Gasteiger partial charge is 0.275 e. The fourth-order valence-electron chi connectivity index (χ4n) is 3.05. The molecule has 0 saturated heterocycles. The second kappa shape index (κ2) is 18.3. The van der Waals surface area contributed by atoms with Crippen LogP contribution in [0.4, 0.5) is 0 Å². The molecule has 0 aliphatic rings. The number of nitrogens with zero attached hydrogens (tertiary/aromatic N) is 1. The SMILES string of the molecule is C=CC[N+](C)(C)CC(=O)NCCCCCCCCCCCCCC.[Cl-]. The molecule has 0 aliphatic carbocycles.